The maximum atomic E-state index is 3.22. The van der Waals surface area contributed by atoms with Gasteiger partial charge in [-0.3, -0.25) is 4.90 Å². The van der Waals surface area contributed by atoms with Crippen LogP contribution in [-0.4, -0.2) is 50.6 Å². The van der Waals surface area contributed by atoms with E-state index in [1.54, 1.807) is 0 Å². The molecular formula is C17H31N3. The highest BCUT2D eigenvalue weighted by molar-refractivity contribution is 5.23. The Bertz CT molecular complexity index is 374. The van der Waals surface area contributed by atoms with Crippen LogP contribution in [0.25, 0.3) is 0 Å². The van der Waals surface area contributed by atoms with Gasteiger partial charge in [0, 0.05) is 32.7 Å². The van der Waals surface area contributed by atoms with E-state index in [9.17, 15) is 0 Å². The van der Waals surface area contributed by atoms with E-state index in [-0.39, 0.29) is 0 Å². The van der Waals surface area contributed by atoms with Crippen molar-refractivity contribution in [3.8, 4) is 0 Å². The molecule has 0 fully saturated rings. The van der Waals surface area contributed by atoms with Crippen LogP contribution in [-0.2, 0) is 13.1 Å². The average molecular weight is 277 g/mol. The lowest BCUT2D eigenvalue weighted by Crippen LogP contribution is -2.34. The molecule has 0 saturated heterocycles. The SMILES string of the molecule is CNCc1cccc(CN(CCN(C)C)CC(C)C)c1. The molecule has 0 saturated carbocycles. The number of nitrogens with one attached hydrogen (secondary N) is 1. The standard InChI is InChI=1S/C17H31N3/c1-15(2)13-20(10-9-19(4)5)14-17-8-6-7-16(11-17)12-18-3/h6-8,11,15,18H,9-10,12-14H2,1-5H3. The van der Waals surface area contributed by atoms with Crippen LogP contribution in [0.15, 0.2) is 24.3 Å². The molecule has 0 spiro atoms. The van der Waals surface area contributed by atoms with Crippen molar-refractivity contribution >= 4 is 0 Å². The number of hydrogen-bond acceptors (Lipinski definition) is 3. The maximum absolute atomic E-state index is 3.22. The first-order valence-electron chi connectivity index (χ1n) is 7.60. The van der Waals surface area contributed by atoms with E-state index in [4.69, 9.17) is 0 Å². The van der Waals surface area contributed by atoms with Crippen LogP contribution >= 0.6 is 0 Å². The predicted octanol–water partition coefficient (Wildman–Crippen LogP) is 2.43. The average Bonchev–Trinajstić information content (AvgIpc) is 2.36. The van der Waals surface area contributed by atoms with Crippen molar-refractivity contribution in [2.45, 2.75) is 26.9 Å². The number of benzene rings is 1. The molecule has 0 aliphatic carbocycles. The predicted molar refractivity (Wildman–Crippen MR) is 87.9 cm³/mol. The van der Waals surface area contributed by atoms with Crippen LogP contribution in [0.1, 0.15) is 25.0 Å². The van der Waals surface area contributed by atoms with Crippen molar-refractivity contribution in [1.82, 2.24) is 15.1 Å². The molecule has 0 unspecified atom stereocenters. The highest BCUT2D eigenvalue weighted by Gasteiger charge is 2.09. The number of likely N-dealkylation sites (N-methyl/N-ethyl adjacent to an activating group) is 1. The molecule has 114 valence electrons. The summed E-state index contributed by atoms with van der Waals surface area (Å²) in [4.78, 5) is 4.81. The summed E-state index contributed by atoms with van der Waals surface area (Å²) in [6, 6.07) is 8.91. The summed E-state index contributed by atoms with van der Waals surface area (Å²) in [5.74, 6) is 0.706. The monoisotopic (exact) mass is 277 g/mol. The van der Waals surface area contributed by atoms with Gasteiger partial charge in [-0.05, 0) is 38.2 Å². The lowest BCUT2D eigenvalue weighted by Gasteiger charge is -2.26. The Morgan fingerprint density at radius 3 is 2.40 bits per heavy atom. The molecule has 1 aromatic rings. The molecule has 0 bridgehead atoms. The zero-order valence-corrected chi connectivity index (χ0v) is 13.8. The molecule has 0 aromatic heterocycles. The number of hydrogen-bond donors (Lipinski definition) is 1. The van der Waals surface area contributed by atoms with Crippen molar-refractivity contribution < 1.29 is 0 Å². The zero-order valence-electron chi connectivity index (χ0n) is 13.8. The van der Waals surface area contributed by atoms with Gasteiger partial charge >= 0.3 is 0 Å². The minimum absolute atomic E-state index is 0.706. The summed E-state index contributed by atoms with van der Waals surface area (Å²) < 4.78 is 0. The fraction of sp³-hybridized carbons (Fsp3) is 0.647. The van der Waals surface area contributed by atoms with E-state index in [1.165, 1.54) is 11.1 Å². The van der Waals surface area contributed by atoms with Gasteiger partial charge in [0.05, 0.1) is 0 Å². The Kier molecular flexibility index (Phi) is 7.82. The van der Waals surface area contributed by atoms with E-state index in [1.807, 2.05) is 7.05 Å². The van der Waals surface area contributed by atoms with Gasteiger partial charge in [-0.2, -0.15) is 0 Å². The molecule has 1 aromatic carbocycles. The van der Waals surface area contributed by atoms with Crippen molar-refractivity contribution in [2.24, 2.45) is 5.92 Å². The molecule has 0 heterocycles. The van der Waals surface area contributed by atoms with Crippen LogP contribution in [0, 0.1) is 5.92 Å². The zero-order chi connectivity index (χ0) is 15.0. The second kappa shape index (κ2) is 9.11. The minimum Gasteiger partial charge on any atom is -0.316 e. The van der Waals surface area contributed by atoms with Gasteiger partial charge in [0.15, 0.2) is 0 Å². The number of nitrogens with zero attached hydrogens (tertiary/aromatic N) is 2. The summed E-state index contributed by atoms with van der Waals surface area (Å²) in [5.41, 5.74) is 2.78. The first-order valence-corrected chi connectivity index (χ1v) is 7.60. The van der Waals surface area contributed by atoms with Gasteiger partial charge in [-0.1, -0.05) is 38.1 Å². The molecular weight excluding hydrogens is 246 g/mol. The van der Waals surface area contributed by atoms with Crippen LogP contribution < -0.4 is 5.32 Å². The third kappa shape index (κ3) is 7.04. The lowest BCUT2D eigenvalue weighted by molar-refractivity contribution is 0.211. The topological polar surface area (TPSA) is 18.5 Å². The second-order valence-electron chi connectivity index (χ2n) is 6.28. The molecule has 3 heteroatoms. The summed E-state index contributed by atoms with van der Waals surface area (Å²) in [6.07, 6.45) is 0. The van der Waals surface area contributed by atoms with E-state index in [0.29, 0.717) is 5.92 Å². The number of rotatable bonds is 9. The Labute approximate surface area is 125 Å². The molecule has 1 rings (SSSR count). The summed E-state index contributed by atoms with van der Waals surface area (Å²) in [5, 5.41) is 3.22. The molecule has 0 aliphatic rings. The smallest absolute Gasteiger partial charge is 0.0234 e. The lowest BCUT2D eigenvalue weighted by atomic mass is 10.1. The molecule has 0 radical (unpaired) electrons. The van der Waals surface area contributed by atoms with Crippen molar-refractivity contribution in [3.63, 3.8) is 0 Å². The van der Waals surface area contributed by atoms with Gasteiger partial charge in [-0.15, -0.1) is 0 Å². The highest BCUT2D eigenvalue weighted by Crippen LogP contribution is 2.10. The highest BCUT2D eigenvalue weighted by atomic mass is 15.2. The first-order chi connectivity index (χ1) is 9.51. The van der Waals surface area contributed by atoms with E-state index < -0.39 is 0 Å². The van der Waals surface area contributed by atoms with Crippen LogP contribution in [0.2, 0.25) is 0 Å². The Hall–Kier alpha value is -0.900. The van der Waals surface area contributed by atoms with Crippen molar-refractivity contribution in [2.75, 3.05) is 40.8 Å². The van der Waals surface area contributed by atoms with Gasteiger partial charge in [0.2, 0.25) is 0 Å². The quantitative estimate of drug-likeness (QED) is 0.748. The van der Waals surface area contributed by atoms with Crippen LogP contribution in [0.4, 0.5) is 0 Å². The van der Waals surface area contributed by atoms with Crippen LogP contribution in [0.5, 0.6) is 0 Å². The third-order valence-corrected chi connectivity index (χ3v) is 3.27. The van der Waals surface area contributed by atoms with Gasteiger partial charge < -0.3 is 10.2 Å². The van der Waals surface area contributed by atoms with Gasteiger partial charge in [-0.25, -0.2) is 0 Å². The summed E-state index contributed by atoms with van der Waals surface area (Å²) >= 11 is 0. The molecule has 0 amide bonds. The van der Waals surface area contributed by atoms with Gasteiger partial charge in [0.1, 0.15) is 0 Å². The largest absolute Gasteiger partial charge is 0.316 e. The molecule has 0 atom stereocenters. The Morgan fingerprint density at radius 2 is 1.80 bits per heavy atom. The van der Waals surface area contributed by atoms with Crippen molar-refractivity contribution in [3.05, 3.63) is 35.4 Å². The van der Waals surface area contributed by atoms with Crippen LogP contribution in [0.3, 0.4) is 0 Å². The normalized spacial score (nSPS) is 11.8. The first kappa shape index (κ1) is 17.2. The molecule has 1 N–H and O–H groups in total. The third-order valence-electron chi connectivity index (χ3n) is 3.27. The molecule has 20 heavy (non-hydrogen) atoms. The molecule has 3 nitrogen and oxygen atoms in total. The summed E-state index contributed by atoms with van der Waals surface area (Å²) in [6.45, 7) is 9.97. The van der Waals surface area contributed by atoms with E-state index in [0.717, 1.165) is 32.7 Å². The maximum Gasteiger partial charge on any atom is 0.0234 e. The van der Waals surface area contributed by atoms with Crippen molar-refractivity contribution in [1.29, 1.82) is 0 Å². The summed E-state index contributed by atoms with van der Waals surface area (Å²) in [7, 11) is 6.27. The van der Waals surface area contributed by atoms with E-state index >= 15 is 0 Å². The Balaban J connectivity index is 2.64. The van der Waals surface area contributed by atoms with E-state index in [2.05, 4.69) is 67.3 Å². The minimum atomic E-state index is 0.706. The molecule has 0 aliphatic heterocycles. The Morgan fingerprint density at radius 1 is 1.10 bits per heavy atom. The fourth-order valence-electron chi connectivity index (χ4n) is 2.39. The van der Waals surface area contributed by atoms with Gasteiger partial charge in [0.25, 0.3) is 0 Å². The second-order valence-corrected chi connectivity index (χ2v) is 6.28. The fourth-order valence-corrected chi connectivity index (χ4v) is 2.39.